The maximum atomic E-state index is 10.7. The van der Waals surface area contributed by atoms with E-state index >= 15 is 0 Å². The lowest BCUT2D eigenvalue weighted by atomic mass is 9.86. The van der Waals surface area contributed by atoms with Crippen molar-refractivity contribution < 1.29 is 19.2 Å². The van der Waals surface area contributed by atoms with Gasteiger partial charge in [-0.25, -0.2) is 0 Å². The summed E-state index contributed by atoms with van der Waals surface area (Å²) in [4.78, 5) is 19.7. The molecule has 0 bridgehead atoms. The van der Waals surface area contributed by atoms with Crippen molar-refractivity contribution in [3.8, 4) is 11.5 Å². The van der Waals surface area contributed by atoms with Crippen molar-refractivity contribution in [3.05, 3.63) is 28.3 Å². The van der Waals surface area contributed by atoms with Gasteiger partial charge in [0, 0.05) is 6.07 Å². The van der Waals surface area contributed by atoms with Crippen LogP contribution in [0.3, 0.4) is 0 Å². The number of hydrogen-bond acceptors (Lipinski definition) is 5. The van der Waals surface area contributed by atoms with Gasteiger partial charge >= 0.3 is 0 Å². The Kier molecular flexibility index (Phi) is 6.65. The fraction of sp³-hybridized carbons (Fsp3) is 0.533. The first-order chi connectivity index (χ1) is 9.92. The molecule has 1 aliphatic carbocycles. The quantitative estimate of drug-likeness (QED) is 0.614. The first kappa shape index (κ1) is 16.9. The van der Waals surface area contributed by atoms with Gasteiger partial charge in [-0.3, -0.25) is 10.1 Å². The molecule has 0 aliphatic heterocycles. The molecular formula is C15H21NO5. The molecule has 1 aliphatic rings. The third kappa shape index (κ3) is 6.25. The molecule has 0 saturated heterocycles. The highest BCUT2D eigenvalue weighted by atomic mass is 16.6. The Morgan fingerprint density at radius 3 is 2.29 bits per heavy atom. The molecule has 1 saturated carbocycles. The minimum atomic E-state index is -0.446. The number of rotatable bonds is 5. The van der Waals surface area contributed by atoms with Gasteiger partial charge in [0.1, 0.15) is 17.3 Å². The summed E-state index contributed by atoms with van der Waals surface area (Å²) in [6.07, 6.45) is 3.63. The van der Waals surface area contributed by atoms with Gasteiger partial charge in [0.2, 0.25) is 0 Å². The second-order valence-corrected chi connectivity index (χ2v) is 5.14. The topological polar surface area (TPSA) is 78.7 Å². The zero-order valence-electron chi connectivity index (χ0n) is 12.6. The number of nitro benzene ring substituents is 1. The van der Waals surface area contributed by atoms with Crippen molar-refractivity contribution in [2.75, 3.05) is 13.7 Å². The van der Waals surface area contributed by atoms with Gasteiger partial charge in [0.25, 0.3) is 5.69 Å². The number of benzene rings is 1. The second-order valence-electron chi connectivity index (χ2n) is 5.14. The van der Waals surface area contributed by atoms with E-state index in [-0.39, 0.29) is 11.5 Å². The number of carbonyl (C=O) groups is 1. The molecule has 116 valence electrons. The van der Waals surface area contributed by atoms with E-state index in [1.54, 1.807) is 6.07 Å². The predicted octanol–water partition coefficient (Wildman–Crippen LogP) is 3.38. The first-order valence-corrected chi connectivity index (χ1v) is 6.85. The molecule has 0 unspecified atom stereocenters. The van der Waals surface area contributed by atoms with E-state index in [2.05, 4.69) is 0 Å². The largest absolute Gasteiger partial charge is 0.496 e. The van der Waals surface area contributed by atoms with Gasteiger partial charge in [-0.2, -0.15) is 0 Å². The lowest BCUT2D eigenvalue weighted by Crippen LogP contribution is -2.19. The Morgan fingerprint density at radius 2 is 1.86 bits per heavy atom. The molecule has 6 heteroatoms. The number of ether oxygens (including phenoxy) is 2. The SMILES string of the molecule is CC(C)=O.COc1cc(OCC2CCC2)cc([N+](=O)[O-])c1. The highest BCUT2D eigenvalue weighted by Gasteiger charge is 2.19. The van der Waals surface area contributed by atoms with E-state index in [4.69, 9.17) is 9.47 Å². The van der Waals surface area contributed by atoms with Crippen LogP contribution >= 0.6 is 0 Å². The summed E-state index contributed by atoms with van der Waals surface area (Å²) in [5.74, 6) is 1.71. The van der Waals surface area contributed by atoms with Crippen molar-refractivity contribution >= 4 is 11.5 Å². The molecule has 1 aromatic rings. The Bertz CT molecular complexity index is 493. The number of non-ortho nitro benzene ring substituents is 1. The molecule has 0 atom stereocenters. The fourth-order valence-corrected chi connectivity index (χ4v) is 1.74. The maximum absolute atomic E-state index is 10.7. The molecule has 0 spiro atoms. The van der Waals surface area contributed by atoms with Crippen LogP contribution in [0.15, 0.2) is 18.2 Å². The van der Waals surface area contributed by atoms with E-state index in [0.29, 0.717) is 24.0 Å². The van der Waals surface area contributed by atoms with Crippen molar-refractivity contribution in [1.82, 2.24) is 0 Å². The third-order valence-electron chi connectivity index (χ3n) is 3.02. The van der Waals surface area contributed by atoms with Crippen LogP contribution in [0.5, 0.6) is 11.5 Å². The van der Waals surface area contributed by atoms with Crippen LogP contribution in [-0.2, 0) is 4.79 Å². The summed E-state index contributed by atoms with van der Waals surface area (Å²) in [6, 6.07) is 4.49. The van der Waals surface area contributed by atoms with Crippen molar-refractivity contribution in [2.24, 2.45) is 5.92 Å². The molecule has 0 radical (unpaired) electrons. The van der Waals surface area contributed by atoms with Gasteiger partial charge in [0.05, 0.1) is 30.8 Å². The Hall–Kier alpha value is -2.11. The predicted molar refractivity (Wildman–Crippen MR) is 78.8 cm³/mol. The normalized spacial score (nSPS) is 13.5. The van der Waals surface area contributed by atoms with Crippen molar-refractivity contribution in [2.45, 2.75) is 33.1 Å². The number of nitro groups is 1. The maximum Gasteiger partial charge on any atom is 0.276 e. The van der Waals surface area contributed by atoms with Crippen molar-refractivity contribution in [1.29, 1.82) is 0 Å². The molecule has 0 heterocycles. The smallest absolute Gasteiger partial charge is 0.276 e. The van der Waals surface area contributed by atoms with Crippen LogP contribution in [0.25, 0.3) is 0 Å². The molecule has 2 rings (SSSR count). The molecule has 0 amide bonds. The molecule has 0 aromatic heterocycles. The summed E-state index contributed by atoms with van der Waals surface area (Å²) < 4.78 is 10.6. The van der Waals surface area contributed by atoms with Crippen LogP contribution in [-0.4, -0.2) is 24.4 Å². The van der Waals surface area contributed by atoms with E-state index in [9.17, 15) is 14.9 Å². The monoisotopic (exact) mass is 295 g/mol. The zero-order valence-corrected chi connectivity index (χ0v) is 12.6. The molecule has 1 aromatic carbocycles. The minimum absolute atomic E-state index is 0.00652. The number of carbonyl (C=O) groups excluding carboxylic acids is 1. The number of nitrogens with zero attached hydrogens (tertiary/aromatic N) is 1. The van der Waals surface area contributed by atoms with Gasteiger partial charge < -0.3 is 14.3 Å². The Labute approximate surface area is 124 Å². The lowest BCUT2D eigenvalue weighted by Gasteiger charge is -2.25. The van der Waals surface area contributed by atoms with Crippen LogP contribution in [0.2, 0.25) is 0 Å². The zero-order chi connectivity index (χ0) is 15.8. The van der Waals surface area contributed by atoms with Crippen LogP contribution in [0, 0.1) is 16.0 Å². The summed E-state index contributed by atoms with van der Waals surface area (Å²) in [5.41, 5.74) is -0.00652. The van der Waals surface area contributed by atoms with E-state index in [0.717, 1.165) is 0 Å². The number of ketones is 1. The minimum Gasteiger partial charge on any atom is -0.496 e. The van der Waals surface area contributed by atoms with E-state index < -0.39 is 4.92 Å². The average Bonchev–Trinajstić information content (AvgIpc) is 2.35. The van der Waals surface area contributed by atoms with Gasteiger partial charge in [-0.05, 0) is 32.6 Å². The second kappa shape index (κ2) is 8.24. The van der Waals surface area contributed by atoms with E-state index in [1.807, 2.05) is 0 Å². The van der Waals surface area contributed by atoms with Gasteiger partial charge in [-0.1, -0.05) is 6.42 Å². The molecule has 0 N–H and O–H groups in total. The highest BCUT2D eigenvalue weighted by molar-refractivity contribution is 5.72. The van der Waals surface area contributed by atoms with Crippen LogP contribution in [0.1, 0.15) is 33.1 Å². The highest BCUT2D eigenvalue weighted by Crippen LogP contribution is 2.30. The van der Waals surface area contributed by atoms with Crippen molar-refractivity contribution in [3.63, 3.8) is 0 Å². The molecule has 6 nitrogen and oxygen atoms in total. The third-order valence-corrected chi connectivity index (χ3v) is 3.02. The van der Waals surface area contributed by atoms with E-state index in [1.165, 1.54) is 52.4 Å². The van der Waals surface area contributed by atoms with Gasteiger partial charge in [-0.15, -0.1) is 0 Å². The standard InChI is InChI=1S/C12H15NO4.C3H6O/c1-16-11-5-10(13(14)15)6-12(7-11)17-8-9-3-2-4-9;1-3(2)4/h5-7,9H,2-4,8H2,1H3;1-2H3. The Morgan fingerprint density at radius 1 is 1.29 bits per heavy atom. The summed E-state index contributed by atoms with van der Waals surface area (Å²) in [5, 5.41) is 10.7. The number of Topliss-reactive ketones (excluding diaryl/α,β-unsaturated/α-hetero) is 1. The van der Waals surface area contributed by atoms with Gasteiger partial charge in [0.15, 0.2) is 0 Å². The molecule has 1 fully saturated rings. The first-order valence-electron chi connectivity index (χ1n) is 6.85. The average molecular weight is 295 g/mol. The molecular weight excluding hydrogens is 274 g/mol. The summed E-state index contributed by atoms with van der Waals surface area (Å²) >= 11 is 0. The van der Waals surface area contributed by atoms with Crippen LogP contribution in [0.4, 0.5) is 5.69 Å². The number of methoxy groups -OCH3 is 1. The fourth-order valence-electron chi connectivity index (χ4n) is 1.74. The Balaban J connectivity index is 0.000000491. The summed E-state index contributed by atoms with van der Waals surface area (Å²) in [7, 11) is 1.48. The van der Waals surface area contributed by atoms with Crippen LogP contribution < -0.4 is 9.47 Å². The number of hydrogen-bond donors (Lipinski definition) is 0. The summed E-state index contributed by atoms with van der Waals surface area (Å²) in [6.45, 7) is 3.68. The lowest BCUT2D eigenvalue weighted by molar-refractivity contribution is -0.385. The molecule has 21 heavy (non-hydrogen) atoms.